The lowest BCUT2D eigenvalue weighted by Crippen LogP contribution is -2.58. The Balaban J connectivity index is 1.76. The van der Waals surface area contributed by atoms with E-state index in [-0.39, 0.29) is 28.4 Å². The summed E-state index contributed by atoms with van der Waals surface area (Å²) in [6.07, 6.45) is 4.77. The third-order valence-electron chi connectivity index (χ3n) is 8.46. The molecule has 0 aromatic heterocycles. The van der Waals surface area contributed by atoms with Crippen LogP contribution in [0.15, 0.2) is 23.8 Å². The van der Waals surface area contributed by atoms with E-state index in [1.165, 1.54) is 5.57 Å². The molecule has 0 amide bonds. The molecule has 1 N–H and O–H groups in total. The van der Waals surface area contributed by atoms with E-state index in [4.69, 9.17) is 0 Å². The van der Waals surface area contributed by atoms with Gasteiger partial charge in [0.05, 0.1) is 6.10 Å². The number of carbonyl (C=O) groups is 1. The number of hydrogen-bond donors (Lipinski definition) is 1. The number of hydrogen-bond acceptors (Lipinski definition) is 2. The second-order valence-corrected chi connectivity index (χ2v) is 9.74. The zero-order valence-corrected chi connectivity index (χ0v) is 15.7. The first-order valence-corrected chi connectivity index (χ1v) is 9.91. The van der Waals surface area contributed by atoms with Crippen LogP contribution in [0.5, 0.6) is 0 Å². The van der Waals surface area contributed by atoms with Crippen LogP contribution in [-0.4, -0.2) is 23.2 Å². The molecule has 3 fully saturated rings. The summed E-state index contributed by atoms with van der Waals surface area (Å²) >= 11 is 0. The first kappa shape index (κ1) is 17.5. The van der Waals surface area contributed by atoms with Crippen molar-refractivity contribution in [2.45, 2.75) is 71.6 Å². The van der Waals surface area contributed by atoms with E-state index in [0.717, 1.165) is 19.3 Å². The zero-order valence-electron chi connectivity index (χ0n) is 15.7. The van der Waals surface area contributed by atoms with Crippen LogP contribution < -0.4 is 0 Å². The lowest BCUT2D eigenvalue weighted by atomic mass is 9.45. The van der Waals surface area contributed by atoms with Crippen LogP contribution in [-0.2, 0) is 4.79 Å². The lowest BCUT2D eigenvalue weighted by Gasteiger charge is -2.60. The van der Waals surface area contributed by atoms with Crippen LogP contribution >= 0.6 is 0 Å². The Labute approximate surface area is 150 Å². The smallest absolute Gasteiger partial charge is 0.155 e. The minimum absolute atomic E-state index is 0.0359. The normalized spacial score (nSPS) is 52.0. The molecule has 25 heavy (non-hydrogen) atoms. The highest BCUT2D eigenvalue weighted by atomic mass is 19.1. The van der Waals surface area contributed by atoms with E-state index in [9.17, 15) is 9.90 Å². The number of aliphatic hydroxyl groups excluding tert-OH is 1. The molecule has 4 aliphatic rings. The van der Waals surface area contributed by atoms with Gasteiger partial charge in [-0.3, -0.25) is 4.79 Å². The Morgan fingerprint density at radius 1 is 1.36 bits per heavy atom. The number of ketones is 1. The van der Waals surface area contributed by atoms with Gasteiger partial charge in [-0.2, -0.15) is 0 Å². The van der Waals surface area contributed by atoms with Gasteiger partial charge >= 0.3 is 0 Å². The van der Waals surface area contributed by atoms with Crippen molar-refractivity contribution in [1.82, 2.24) is 0 Å². The first-order valence-electron chi connectivity index (χ1n) is 9.91. The maximum Gasteiger partial charge on any atom is 0.155 e. The summed E-state index contributed by atoms with van der Waals surface area (Å²) in [4.78, 5) is 11.9. The molecule has 8 atom stereocenters. The molecule has 3 heteroatoms. The van der Waals surface area contributed by atoms with Crippen LogP contribution in [0.2, 0.25) is 0 Å². The van der Waals surface area contributed by atoms with E-state index in [1.807, 2.05) is 0 Å². The van der Waals surface area contributed by atoms with Gasteiger partial charge in [0.1, 0.15) is 6.17 Å². The van der Waals surface area contributed by atoms with Crippen molar-refractivity contribution >= 4 is 5.78 Å². The molecule has 2 nitrogen and oxygen atoms in total. The lowest BCUT2D eigenvalue weighted by molar-refractivity contribution is -0.138. The van der Waals surface area contributed by atoms with Crippen LogP contribution in [0.3, 0.4) is 0 Å². The van der Waals surface area contributed by atoms with E-state index in [0.29, 0.717) is 36.7 Å². The van der Waals surface area contributed by atoms with Gasteiger partial charge < -0.3 is 5.11 Å². The van der Waals surface area contributed by atoms with Crippen LogP contribution in [0.4, 0.5) is 4.39 Å². The van der Waals surface area contributed by atoms with Gasteiger partial charge in [0, 0.05) is 6.42 Å². The highest BCUT2D eigenvalue weighted by Crippen LogP contribution is 2.67. The minimum atomic E-state index is -1.03. The molecule has 0 saturated heterocycles. The van der Waals surface area contributed by atoms with E-state index in [2.05, 4.69) is 27.4 Å². The molecule has 3 saturated carbocycles. The average Bonchev–Trinajstić information content (AvgIpc) is 2.85. The third kappa shape index (κ3) is 2.27. The maximum absolute atomic E-state index is 15.2. The second-order valence-electron chi connectivity index (χ2n) is 9.74. The monoisotopic (exact) mass is 346 g/mol. The molecule has 138 valence electrons. The molecule has 0 aromatic rings. The molecule has 0 spiro atoms. The Morgan fingerprint density at radius 3 is 2.76 bits per heavy atom. The molecular formula is C22H31FO2. The highest BCUT2D eigenvalue weighted by Gasteiger charge is 2.63. The Hall–Kier alpha value is -0.960. The van der Waals surface area contributed by atoms with Crippen LogP contribution in [0.25, 0.3) is 0 Å². The van der Waals surface area contributed by atoms with Gasteiger partial charge in [-0.25, -0.2) is 4.39 Å². The number of fused-ring (bicyclic) bond motifs is 5. The molecule has 0 unspecified atom stereocenters. The number of halogens is 1. The summed E-state index contributed by atoms with van der Waals surface area (Å²) in [6, 6.07) is 0. The minimum Gasteiger partial charge on any atom is -0.393 e. The third-order valence-corrected chi connectivity index (χ3v) is 8.46. The molecule has 4 aliphatic carbocycles. The van der Waals surface area contributed by atoms with Crippen molar-refractivity contribution < 1.29 is 14.3 Å². The first-order chi connectivity index (χ1) is 11.7. The number of rotatable bonds is 1. The fourth-order valence-corrected chi connectivity index (χ4v) is 7.50. The van der Waals surface area contributed by atoms with Crippen LogP contribution in [0, 0.1) is 34.5 Å². The molecular weight excluding hydrogens is 315 g/mol. The number of alkyl halides is 1. The van der Waals surface area contributed by atoms with Crippen molar-refractivity contribution in [3.8, 4) is 0 Å². The van der Waals surface area contributed by atoms with Gasteiger partial charge in [-0.1, -0.05) is 26.0 Å². The van der Waals surface area contributed by atoms with E-state index >= 15 is 4.39 Å². The molecule has 0 radical (unpaired) electrons. The van der Waals surface area contributed by atoms with E-state index < -0.39 is 12.3 Å². The van der Waals surface area contributed by atoms with Crippen molar-refractivity contribution in [3.05, 3.63) is 23.8 Å². The predicted molar refractivity (Wildman–Crippen MR) is 96.7 cm³/mol. The quantitative estimate of drug-likeness (QED) is 0.703. The van der Waals surface area contributed by atoms with Gasteiger partial charge in [0.25, 0.3) is 0 Å². The fraction of sp³-hybridized carbons (Fsp3) is 0.773. The summed E-state index contributed by atoms with van der Waals surface area (Å²) in [5, 5.41) is 11.2. The molecule has 0 heterocycles. The largest absolute Gasteiger partial charge is 0.393 e. The zero-order chi connectivity index (χ0) is 18.1. The SMILES string of the molecule is C=C(C)[C@H]1CC[C@H]2[C@@H]3C[C@H](F)C4=CC(=O)CC[C@]4(C)[C@H]3[C@@H](O)C[C@]12C. The maximum atomic E-state index is 15.2. The standard InChI is InChI=1S/C22H31FO2/c1-12(2)15-5-6-16-14-10-18(23)17-9-13(24)7-8-21(17,3)20(14)19(25)11-22(15,16)4/h9,14-16,18-20,25H,1,5-8,10-11H2,2-4H3/t14-,15+,16-,18-,19-,20+,21-,22+/m0/s1. The van der Waals surface area contributed by atoms with Gasteiger partial charge in [-0.15, -0.1) is 0 Å². The Bertz CT molecular complexity index is 652. The molecule has 0 bridgehead atoms. The Kier molecular flexibility index (Phi) is 3.85. The summed E-state index contributed by atoms with van der Waals surface area (Å²) in [5.74, 6) is 1.23. The predicted octanol–water partition coefficient (Wildman–Crippen LogP) is 4.63. The molecule has 4 rings (SSSR count). The number of carbonyl (C=O) groups excluding carboxylic acids is 1. The summed E-state index contributed by atoms with van der Waals surface area (Å²) < 4.78 is 15.2. The topological polar surface area (TPSA) is 37.3 Å². The highest BCUT2D eigenvalue weighted by molar-refractivity contribution is 5.91. The van der Waals surface area contributed by atoms with Gasteiger partial charge in [0.15, 0.2) is 5.78 Å². The summed E-state index contributed by atoms with van der Waals surface area (Å²) in [5.41, 5.74) is 1.55. The van der Waals surface area contributed by atoms with Crippen molar-refractivity contribution in [1.29, 1.82) is 0 Å². The molecule has 0 aromatic carbocycles. The average molecular weight is 346 g/mol. The summed E-state index contributed by atoms with van der Waals surface area (Å²) in [7, 11) is 0. The fourth-order valence-electron chi connectivity index (χ4n) is 7.50. The van der Waals surface area contributed by atoms with Crippen LogP contribution in [0.1, 0.15) is 59.3 Å². The van der Waals surface area contributed by atoms with E-state index in [1.54, 1.807) is 6.08 Å². The number of allylic oxidation sites excluding steroid dienone is 2. The van der Waals surface area contributed by atoms with Gasteiger partial charge in [-0.05, 0) is 85.2 Å². The second kappa shape index (κ2) is 5.52. The molecule has 0 aliphatic heterocycles. The van der Waals surface area contributed by atoms with Crippen molar-refractivity contribution in [3.63, 3.8) is 0 Å². The van der Waals surface area contributed by atoms with Crippen molar-refractivity contribution in [2.75, 3.05) is 0 Å². The van der Waals surface area contributed by atoms with Crippen molar-refractivity contribution in [2.24, 2.45) is 34.5 Å². The Morgan fingerprint density at radius 2 is 2.08 bits per heavy atom. The summed E-state index contributed by atoms with van der Waals surface area (Å²) in [6.45, 7) is 10.7. The number of aliphatic hydroxyl groups is 1. The van der Waals surface area contributed by atoms with Gasteiger partial charge in [0.2, 0.25) is 0 Å².